The molecule has 2 fully saturated rings. The van der Waals surface area contributed by atoms with E-state index in [9.17, 15) is 9.59 Å². The van der Waals surface area contributed by atoms with Gasteiger partial charge in [0.25, 0.3) is 0 Å². The van der Waals surface area contributed by atoms with E-state index in [0.29, 0.717) is 6.54 Å². The Hall–Kier alpha value is -2.22. The molecule has 34 heavy (non-hydrogen) atoms. The number of thiophene rings is 1. The second-order valence-electron chi connectivity index (χ2n) is 9.90. The van der Waals surface area contributed by atoms with Crippen LogP contribution < -0.4 is 10.2 Å². The molecule has 1 atom stereocenters. The van der Waals surface area contributed by atoms with Gasteiger partial charge < -0.3 is 15.1 Å². The average molecular weight is 486 g/mol. The van der Waals surface area contributed by atoms with Gasteiger partial charge in [0.15, 0.2) is 0 Å². The third kappa shape index (κ3) is 5.53. The standard InChI is InChI=1S/C26H39N5O2S/c1-4-5-6-7-12-27-24(32)21-9-8-13-31(16-21)26(33)20-10-14-30(15-11-20)23-22-18(2)19(3)34-25(22)29-17-28-23/h17,20-21H,4-16H2,1-3H3,(H,27,32). The molecule has 1 N–H and O–H groups in total. The van der Waals surface area contributed by atoms with Crippen molar-refractivity contribution in [1.29, 1.82) is 0 Å². The fourth-order valence-electron chi connectivity index (χ4n) is 5.30. The number of anilines is 1. The molecule has 2 amide bonds. The van der Waals surface area contributed by atoms with Gasteiger partial charge in [-0.1, -0.05) is 26.2 Å². The maximum absolute atomic E-state index is 13.3. The fraction of sp³-hybridized carbons (Fsp3) is 0.692. The van der Waals surface area contributed by atoms with Crippen LogP contribution >= 0.6 is 11.3 Å². The van der Waals surface area contributed by atoms with Crippen LogP contribution in [0.4, 0.5) is 5.82 Å². The molecular weight excluding hydrogens is 446 g/mol. The van der Waals surface area contributed by atoms with Crippen LogP contribution in [0.5, 0.6) is 0 Å². The smallest absolute Gasteiger partial charge is 0.225 e. The van der Waals surface area contributed by atoms with Crippen LogP contribution in [0.15, 0.2) is 6.33 Å². The highest BCUT2D eigenvalue weighted by molar-refractivity contribution is 7.18. The van der Waals surface area contributed by atoms with E-state index in [4.69, 9.17) is 0 Å². The number of carbonyl (C=O) groups excluding carboxylic acids is 2. The lowest BCUT2D eigenvalue weighted by atomic mass is 9.91. The summed E-state index contributed by atoms with van der Waals surface area (Å²) in [6, 6.07) is 0. The highest BCUT2D eigenvalue weighted by atomic mass is 32.1. The Labute approximate surface area is 207 Å². The van der Waals surface area contributed by atoms with Crippen molar-refractivity contribution in [2.45, 2.75) is 72.1 Å². The van der Waals surface area contributed by atoms with Crippen LogP contribution in [0.2, 0.25) is 0 Å². The minimum absolute atomic E-state index is 0.0368. The molecule has 2 saturated heterocycles. The van der Waals surface area contributed by atoms with Crippen molar-refractivity contribution in [2.75, 3.05) is 37.6 Å². The Morgan fingerprint density at radius 1 is 1.06 bits per heavy atom. The number of nitrogens with zero attached hydrogens (tertiary/aromatic N) is 4. The molecule has 0 bridgehead atoms. The third-order valence-corrected chi connectivity index (χ3v) is 8.64. The quantitative estimate of drug-likeness (QED) is 0.559. The van der Waals surface area contributed by atoms with Crippen molar-refractivity contribution in [2.24, 2.45) is 11.8 Å². The van der Waals surface area contributed by atoms with Crippen LogP contribution in [-0.2, 0) is 9.59 Å². The first kappa shape index (κ1) is 24.9. The summed E-state index contributed by atoms with van der Waals surface area (Å²) in [7, 11) is 0. The SMILES string of the molecule is CCCCCCNC(=O)C1CCCN(C(=O)C2CCN(c3ncnc4sc(C)c(C)c34)CC2)C1. The van der Waals surface area contributed by atoms with Crippen molar-refractivity contribution in [1.82, 2.24) is 20.2 Å². The molecule has 186 valence electrons. The zero-order valence-electron chi connectivity index (χ0n) is 20.9. The number of piperidine rings is 2. The number of nitrogens with one attached hydrogen (secondary N) is 1. The van der Waals surface area contributed by atoms with Crippen molar-refractivity contribution < 1.29 is 9.59 Å². The van der Waals surface area contributed by atoms with Gasteiger partial charge in [-0.25, -0.2) is 9.97 Å². The summed E-state index contributed by atoms with van der Waals surface area (Å²) < 4.78 is 0. The Bertz CT molecular complexity index is 998. The minimum Gasteiger partial charge on any atom is -0.356 e. The number of hydrogen-bond donors (Lipinski definition) is 1. The molecule has 7 nitrogen and oxygen atoms in total. The summed E-state index contributed by atoms with van der Waals surface area (Å²) in [6.07, 6.45) is 9.73. The molecule has 0 saturated carbocycles. The van der Waals surface area contributed by atoms with Gasteiger partial charge in [0.2, 0.25) is 11.8 Å². The van der Waals surface area contributed by atoms with Gasteiger partial charge in [-0.05, 0) is 51.5 Å². The molecular formula is C26H39N5O2S. The Balaban J connectivity index is 1.30. The highest BCUT2D eigenvalue weighted by Crippen LogP contribution is 2.36. The van der Waals surface area contributed by atoms with Gasteiger partial charge in [-0.3, -0.25) is 9.59 Å². The molecule has 0 aliphatic carbocycles. The lowest BCUT2D eigenvalue weighted by Crippen LogP contribution is -2.49. The van der Waals surface area contributed by atoms with E-state index in [1.54, 1.807) is 17.7 Å². The minimum atomic E-state index is -0.0666. The summed E-state index contributed by atoms with van der Waals surface area (Å²) in [5.41, 5.74) is 1.26. The third-order valence-electron chi connectivity index (χ3n) is 7.52. The molecule has 1 unspecified atom stereocenters. The molecule has 2 aliphatic rings. The van der Waals surface area contributed by atoms with E-state index in [0.717, 1.165) is 80.7 Å². The summed E-state index contributed by atoms with van der Waals surface area (Å²) >= 11 is 1.72. The lowest BCUT2D eigenvalue weighted by molar-refractivity contribution is -0.139. The Morgan fingerprint density at radius 2 is 1.85 bits per heavy atom. The predicted octanol–water partition coefficient (Wildman–Crippen LogP) is 4.46. The lowest BCUT2D eigenvalue weighted by Gasteiger charge is -2.38. The van der Waals surface area contributed by atoms with E-state index >= 15 is 0 Å². The van der Waals surface area contributed by atoms with Crippen LogP contribution in [0, 0.1) is 25.7 Å². The summed E-state index contributed by atoms with van der Waals surface area (Å²) in [4.78, 5) is 41.6. The van der Waals surface area contributed by atoms with Gasteiger partial charge in [0, 0.05) is 43.5 Å². The van der Waals surface area contributed by atoms with Crippen molar-refractivity contribution in [3.63, 3.8) is 0 Å². The number of aryl methyl sites for hydroxylation is 2. The molecule has 2 aromatic rings. The van der Waals surface area contributed by atoms with Gasteiger partial charge in [-0.15, -0.1) is 11.3 Å². The van der Waals surface area contributed by atoms with E-state index in [1.807, 2.05) is 4.90 Å². The maximum Gasteiger partial charge on any atom is 0.225 e. The maximum atomic E-state index is 13.3. The number of likely N-dealkylation sites (tertiary alicyclic amines) is 1. The first-order chi connectivity index (χ1) is 16.5. The monoisotopic (exact) mass is 485 g/mol. The normalized spacial score (nSPS) is 19.6. The Kier molecular flexibility index (Phi) is 8.40. The number of aromatic nitrogens is 2. The number of carbonyl (C=O) groups is 2. The van der Waals surface area contributed by atoms with Gasteiger partial charge in [-0.2, -0.15) is 0 Å². The molecule has 0 radical (unpaired) electrons. The van der Waals surface area contributed by atoms with E-state index in [-0.39, 0.29) is 23.7 Å². The van der Waals surface area contributed by atoms with Crippen LogP contribution in [0.1, 0.15) is 68.7 Å². The number of fused-ring (bicyclic) bond motifs is 1. The van der Waals surface area contributed by atoms with Gasteiger partial charge in [0.1, 0.15) is 17.0 Å². The van der Waals surface area contributed by atoms with Gasteiger partial charge in [0.05, 0.1) is 11.3 Å². The molecule has 4 heterocycles. The highest BCUT2D eigenvalue weighted by Gasteiger charge is 2.34. The molecule has 0 aromatic carbocycles. The largest absolute Gasteiger partial charge is 0.356 e. The van der Waals surface area contributed by atoms with Crippen LogP contribution in [-0.4, -0.2) is 59.4 Å². The molecule has 0 spiro atoms. The van der Waals surface area contributed by atoms with Crippen molar-refractivity contribution in [3.05, 3.63) is 16.8 Å². The van der Waals surface area contributed by atoms with Crippen molar-refractivity contribution in [3.8, 4) is 0 Å². The second kappa shape index (κ2) is 11.5. The molecule has 8 heteroatoms. The van der Waals surface area contributed by atoms with Gasteiger partial charge >= 0.3 is 0 Å². The summed E-state index contributed by atoms with van der Waals surface area (Å²) in [5, 5.41) is 4.26. The molecule has 2 aromatic heterocycles. The number of rotatable bonds is 8. The predicted molar refractivity (Wildman–Crippen MR) is 138 cm³/mol. The average Bonchev–Trinajstić information content (AvgIpc) is 3.17. The van der Waals surface area contributed by atoms with Crippen LogP contribution in [0.25, 0.3) is 10.2 Å². The zero-order chi connectivity index (χ0) is 24.1. The summed E-state index contributed by atoms with van der Waals surface area (Å²) in [6.45, 7) is 10.2. The topological polar surface area (TPSA) is 78.4 Å². The molecule has 4 rings (SSSR count). The van der Waals surface area contributed by atoms with Crippen LogP contribution in [0.3, 0.4) is 0 Å². The second-order valence-corrected chi connectivity index (χ2v) is 11.1. The zero-order valence-corrected chi connectivity index (χ0v) is 21.8. The number of unbranched alkanes of at least 4 members (excludes halogenated alkanes) is 3. The van der Waals surface area contributed by atoms with E-state index < -0.39 is 0 Å². The first-order valence-corrected chi connectivity index (χ1v) is 13.8. The number of amides is 2. The number of hydrogen-bond acceptors (Lipinski definition) is 6. The van der Waals surface area contributed by atoms with E-state index in [1.165, 1.54) is 23.3 Å². The summed E-state index contributed by atoms with van der Waals surface area (Å²) in [5.74, 6) is 1.33. The van der Waals surface area contributed by atoms with Crippen molar-refractivity contribution >= 4 is 39.2 Å². The molecule has 2 aliphatic heterocycles. The fourth-order valence-corrected chi connectivity index (χ4v) is 6.29. The first-order valence-electron chi connectivity index (χ1n) is 13.0. The van der Waals surface area contributed by atoms with E-state index in [2.05, 4.69) is 41.0 Å². The Morgan fingerprint density at radius 3 is 2.62 bits per heavy atom.